The summed E-state index contributed by atoms with van der Waals surface area (Å²) in [6.07, 6.45) is 1.56. The molecule has 0 N–H and O–H groups in total. The normalized spacial score (nSPS) is 15.1. The van der Waals surface area contributed by atoms with Gasteiger partial charge in [-0.25, -0.2) is 0 Å². The van der Waals surface area contributed by atoms with Gasteiger partial charge in [-0.2, -0.15) is 0 Å². The molecule has 0 aliphatic carbocycles. The molecule has 34 heavy (non-hydrogen) atoms. The van der Waals surface area contributed by atoms with E-state index in [1.165, 1.54) is 0 Å². The fourth-order valence-electron chi connectivity index (χ4n) is 3.64. The molecular formula is C28H54O6. The Morgan fingerprint density at radius 2 is 0.765 bits per heavy atom. The van der Waals surface area contributed by atoms with Crippen LogP contribution in [-0.2, 0) is 28.5 Å². The summed E-state index contributed by atoms with van der Waals surface area (Å²) in [6.45, 7) is 27.2. The molecule has 0 spiro atoms. The minimum absolute atomic E-state index is 0.0549. The molecule has 202 valence electrons. The van der Waals surface area contributed by atoms with Crippen LogP contribution in [0.15, 0.2) is 0 Å². The fraction of sp³-hybridized carbons (Fsp3) is 0.929. The van der Waals surface area contributed by atoms with E-state index >= 15 is 0 Å². The summed E-state index contributed by atoms with van der Waals surface area (Å²) in [5.74, 6) is -0.632. The molecule has 0 amide bonds. The molecule has 0 rings (SSSR count). The van der Waals surface area contributed by atoms with Crippen molar-refractivity contribution in [2.24, 2.45) is 33.5 Å². The van der Waals surface area contributed by atoms with Gasteiger partial charge in [0.1, 0.15) is 13.2 Å². The molecular weight excluding hydrogens is 432 g/mol. The molecule has 0 radical (unpaired) electrons. The molecule has 0 aromatic heterocycles. The Hall–Kier alpha value is -1.14. The summed E-state index contributed by atoms with van der Waals surface area (Å²) in [4.78, 5) is 25.1. The van der Waals surface area contributed by atoms with E-state index in [1.807, 2.05) is 0 Å². The van der Waals surface area contributed by atoms with Gasteiger partial charge < -0.3 is 18.9 Å². The third-order valence-corrected chi connectivity index (χ3v) is 5.61. The quantitative estimate of drug-likeness (QED) is 0.225. The number of esters is 2. The predicted molar refractivity (Wildman–Crippen MR) is 138 cm³/mol. The summed E-state index contributed by atoms with van der Waals surface area (Å²) < 4.78 is 22.0. The first kappa shape index (κ1) is 32.9. The molecule has 6 heteroatoms. The highest BCUT2D eigenvalue weighted by Crippen LogP contribution is 2.37. The van der Waals surface area contributed by atoms with Crippen molar-refractivity contribution in [2.75, 3.05) is 39.6 Å². The first-order chi connectivity index (χ1) is 15.2. The Morgan fingerprint density at radius 1 is 0.500 bits per heavy atom. The molecule has 0 saturated heterocycles. The lowest BCUT2D eigenvalue weighted by atomic mass is 9.72. The Morgan fingerprint density at radius 3 is 1.00 bits per heavy atom. The van der Waals surface area contributed by atoms with Gasteiger partial charge in [0, 0.05) is 0 Å². The smallest absolute Gasteiger partial charge is 0.309 e. The van der Waals surface area contributed by atoms with Crippen LogP contribution < -0.4 is 0 Å². The van der Waals surface area contributed by atoms with Crippen LogP contribution in [0.2, 0.25) is 0 Å². The highest BCUT2D eigenvalue weighted by Gasteiger charge is 2.36. The molecule has 0 fully saturated rings. The minimum atomic E-state index is -0.163. The van der Waals surface area contributed by atoms with E-state index in [0.717, 1.165) is 12.8 Å². The Balaban J connectivity index is 4.10. The summed E-state index contributed by atoms with van der Waals surface area (Å²) in [5.41, 5.74) is -0.191. The van der Waals surface area contributed by atoms with Crippen LogP contribution in [0.3, 0.4) is 0 Å². The number of rotatable bonds is 13. The van der Waals surface area contributed by atoms with E-state index in [-0.39, 0.29) is 58.6 Å². The highest BCUT2D eigenvalue weighted by atomic mass is 16.6. The predicted octanol–water partition coefficient (Wildman–Crippen LogP) is 6.30. The van der Waals surface area contributed by atoms with E-state index in [1.54, 1.807) is 0 Å². The fourth-order valence-corrected chi connectivity index (χ4v) is 3.64. The summed E-state index contributed by atoms with van der Waals surface area (Å²) in [5, 5.41) is 0. The first-order valence-corrected chi connectivity index (χ1v) is 12.7. The largest absolute Gasteiger partial charge is 0.463 e. The molecule has 0 aliphatic heterocycles. The second-order valence-corrected chi connectivity index (χ2v) is 13.9. The highest BCUT2D eigenvalue weighted by molar-refractivity contribution is 5.73. The zero-order valence-electron chi connectivity index (χ0n) is 24.3. The monoisotopic (exact) mass is 486 g/mol. The maximum Gasteiger partial charge on any atom is 0.309 e. The lowest BCUT2D eigenvalue weighted by Gasteiger charge is -2.33. The van der Waals surface area contributed by atoms with Crippen molar-refractivity contribution < 1.29 is 28.5 Å². The average molecular weight is 487 g/mol. The van der Waals surface area contributed by atoms with E-state index in [2.05, 4.69) is 83.1 Å². The van der Waals surface area contributed by atoms with Gasteiger partial charge in [-0.3, -0.25) is 9.59 Å². The van der Waals surface area contributed by atoms with E-state index in [9.17, 15) is 9.59 Å². The lowest BCUT2D eigenvalue weighted by molar-refractivity contribution is -0.157. The van der Waals surface area contributed by atoms with Crippen molar-refractivity contribution in [3.63, 3.8) is 0 Å². The van der Waals surface area contributed by atoms with Gasteiger partial charge in [0.15, 0.2) is 0 Å². The Labute approximate surface area is 209 Å². The van der Waals surface area contributed by atoms with Gasteiger partial charge in [-0.15, -0.1) is 0 Å². The maximum atomic E-state index is 12.6. The van der Waals surface area contributed by atoms with Gasteiger partial charge >= 0.3 is 11.9 Å². The molecule has 2 atom stereocenters. The third kappa shape index (κ3) is 15.7. The Kier molecular flexibility index (Phi) is 13.4. The zero-order chi connectivity index (χ0) is 26.8. The summed E-state index contributed by atoms with van der Waals surface area (Å²) >= 11 is 0. The molecule has 0 aliphatic rings. The zero-order valence-corrected chi connectivity index (χ0v) is 24.3. The van der Waals surface area contributed by atoms with Gasteiger partial charge in [0.05, 0.1) is 38.3 Å². The van der Waals surface area contributed by atoms with E-state index in [0.29, 0.717) is 26.4 Å². The molecule has 0 heterocycles. The third-order valence-electron chi connectivity index (χ3n) is 5.61. The minimum Gasteiger partial charge on any atom is -0.463 e. The second-order valence-electron chi connectivity index (χ2n) is 13.9. The van der Waals surface area contributed by atoms with Gasteiger partial charge in [0.25, 0.3) is 0 Å². The Bertz CT molecular complexity index is 544. The molecule has 0 saturated carbocycles. The molecule has 0 aromatic rings. The number of carbonyl (C=O) groups is 2. The molecule has 0 aromatic carbocycles. The van der Waals surface area contributed by atoms with Crippen LogP contribution >= 0.6 is 0 Å². The van der Waals surface area contributed by atoms with Crippen LogP contribution in [-0.4, -0.2) is 51.6 Å². The van der Waals surface area contributed by atoms with Crippen LogP contribution in [0.4, 0.5) is 0 Å². The standard InChI is InChI=1S/C28H54O6/c1-25(2,3)19-21(27(7,8)9)23(29)33-17-15-31-13-14-32-16-18-34-24(30)22(28(10,11)12)20-26(4,5)6/h21-22H,13-20H2,1-12H3. The van der Waals surface area contributed by atoms with Gasteiger partial charge in [-0.05, 0) is 34.5 Å². The second kappa shape index (κ2) is 13.8. The molecule has 0 bridgehead atoms. The van der Waals surface area contributed by atoms with Gasteiger partial charge in [0.2, 0.25) is 0 Å². The number of carbonyl (C=O) groups excluding carboxylic acids is 2. The van der Waals surface area contributed by atoms with Gasteiger partial charge in [-0.1, -0.05) is 83.1 Å². The summed E-state index contributed by atoms with van der Waals surface area (Å²) in [7, 11) is 0. The van der Waals surface area contributed by atoms with Crippen molar-refractivity contribution in [1.82, 2.24) is 0 Å². The number of hydrogen-bond donors (Lipinski definition) is 0. The molecule has 6 nitrogen and oxygen atoms in total. The maximum absolute atomic E-state index is 12.6. The lowest BCUT2D eigenvalue weighted by Crippen LogP contribution is -2.34. The topological polar surface area (TPSA) is 71.1 Å². The van der Waals surface area contributed by atoms with Crippen molar-refractivity contribution in [1.29, 1.82) is 0 Å². The number of ether oxygens (including phenoxy) is 4. The van der Waals surface area contributed by atoms with Crippen LogP contribution in [0, 0.1) is 33.5 Å². The van der Waals surface area contributed by atoms with Crippen molar-refractivity contribution in [3.8, 4) is 0 Å². The van der Waals surface area contributed by atoms with Crippen molar-refractivity contribution >= 4 is 11.9 Å². The number of hydrogen-bond acceptors (Lipinski definition) is 6. The van der Waals surface area contributed by atoms with Crippen LogP contribution in [0.25, 0.3) is 0 Å². The van der Waals surface area contributed by atoms with Crippen molar-refractivity contribution in [2.45, 2.75) is 95.9 Å². The van der Waals surface area contributed by atoms with Crippen LogP contribution in [0.1, 0.15) is 95.9 Å². The first-order valence-electron chi connectivity index (χ1n) is 12.7. The van der Waals surface area contributed by atoms with E-state index < -0.39 is 0 Å². The van der Waals surface area contributed by atoms with Crippen LogP contribution in [0.5, 0.6) is 0 Å². The summed E-state index contributed by atoms with van der Waals surface area (Å²) in [6, 6.07) is 0. The van der Waals surface area contributed by atoms with Crippen molar-refractivity contribution in [3.05, 3.63) is 0 Å². The SMILES string of the molecule is CC(C)(C)CC(C(=O)OCCOCCOCCOC(=O)C(CC(C)(C)C)C(C)(C)C)C(C)(C)C. The van der Waals surface area contributed by atoms with E-state index in [4.69, 9.17) is 18.9 Å². The molecule has 2 unspecified atom stereocenters. The average Bonchev–Trinajstić information content (AvgIpc) is 2.62.